The van der Waals surface area contributed by atoms with Crippen LogP contribution in [0.5, 0.6) is 0 Å². The van der Waals surface area contributed by atoms with Gasteiger partial charge < -0.3 is 4.90 Å². The van der Waals surface area contributed by atoms with Gasteiger partial charge in [-0.3, -0.25) is 4.79 Å². The maximum Gasteiger partial charge on any atom is 0.234 e. The molecule has 2 nitrogen and oxygen atoms in total. The zero-order valence-electron chi connectivity index (χ0n) is 8.73. The van der Waals surface area contributed by atoms with Crippen LogP contribution in [0.1, 0.15) is 23.8 Å². The highest BCUT2D eigenvalue weighted by Crippen LogP contribution is 2.46. The largest absolute Gasteiger partial charge is 0.323 e. The van der Waals surface area contributed by atoms with Crippen LogP contribution in [-0.2, 0) is 4.79 Å². The highest BCUT2D eigenvalue weighted by Gasteiger charge is 2.42. The third kappa shape index (κ3) is 1.72. The van der Waals surface area contributed by atoms with Gasteiger partial charge in [-0.1, -0.05) is 29.8 Å². The molecular formula is C12H12ClNOS. The Balaban J connectivity index is 1.94. The van der Waals surface area contributed by atoms with Crippen molar-refractivity contribution < 1.29 is 4.79 Å². The Morgan fingerprint density at radius 3 is 2.75 bits per heavy atom. The molecule has 1 amide bonds. The van der Waals surface area contributed by atoms with Gasteiger partial charge >= 0.3 is 0 Å². The monoisotopic (exact) mass is 253 g/mol. The number of nitrogens with zero attached hydrogens (tertiary/aromatic N) is 1. The molecule has 0 bridgehead atoms. The molecule has 1 atom stereocenters. The molecule has 1 saturated carbocycles. The summed E-state index contributed by atoms with van der Waals surface area (Å²) in [6.07, 6.45) is 2.29. The molecule has 4 heteroatoms. The molecule has 1 aromatic rings. The summed E-state index contributed by atoms with van der Waals surface area (Å²) in [5.74, 6) is 0.851. The molecule has 0 radical (unpaired) electrons. The average Bonchev–Trinajstić information content (AvgIpc) is 3.04. The van der Waals surface area contributed by atoms with E-state index in [4.69, 9.17) is 11.6 Å². The molecule has 1 heterocycles. The topological polar surface area (TPSA) is 20.3 Å². The van der Waals surface area contributed by atoms with Crippen molar-refractivity contribution in [3.63, 3.8) is 0 Å². The van der Waals surface area contributed by atoms with Crippen LogP contribution in [0.25, 0.3) is 0 Å². The Hall–Kier alpha value is -0.670. The molecule has 0 N–H and O–H groups in total. The van der Waals surface area contributed by atoms with Crippen LogP contribution in [-0.4, -0.2) is 22.6 Å². The number of carbonyl (C=O) groups is 1. The molecule has 1 aliphatic carbocycles. The first-order chi connectivity index (χ1) is 7.77. The first kappa shape index (κ1) is 10.5. The van der Waals surface area contributed by atoms with Crippen LogP contribution in [0.3, 0.4) is 0 Å². The van der Waals surface area contributed by atoms with E-state index >= 15 is 0 Å². The molecule has 3 rings (SSSR count). The third-order valence-corrected chi connectivity index (χ3v) is 4.57. The van der Waals surface area contributed by atoms with E-state index in [2.05, 4.69) is 0 Å². The highest BCUT2D eigenvalue weighted by molar-refractivity contribution is 8.00. The number of thioether (sulfide) groups is 1. The smallest absolute Gasteiger partial charge is 0.234 e. The van der Waals surface area contributed by atoms with Gasteiger partial charge in [-0.25, -0.2) is 0 Å². The van der Waals surface area contributed by atoms with E-state index in [0.717, 1.165) is 23.4 Å². The van der Waals surface area contributed by atoms with E-state index in [1.807, 2.05) is 29.2 Å². The van der Waals surface area contributed by atoms with Gasteiger partial charge in [0.1, 0.15) is 5.37 Å². The SMILES string of the molecule is O=C1CS[C@@H](c2ccccc2Cl)N1C1CC1. The van der Waals surface area contributed by atoms with Crippen molar-refractivity contribution in [2.45, 2.75) is 24.3 Å². The molecule has 84 valence electrons. The number of hydrogen-bond acceptors (Lipinski definition) is 2. The van der Waals surface area contributed by atoms with E-state index in [1.54, 1.807) is 11.8 Å². The quantitative estimate of drug-likeness (QED) is 0.807. The molecule has 0 unspecified atom stereocenters. The van der Waals surface area contributed by atoms with Gasteiger partial charge in [0.25, 0.3) is 0 Å². The average molecular weight is 254 g/mol. The Labute approximate surface area is 104 Å². The van der Waals surface area contributed by atoms with Gasteiger partial charge in [0, 0.05) is 16.6 Å². The summed E-state index contributed by atoms with van der Waals surface area (Å²) in [7, 11) is 0. The van der Waals surface area contributed by atoms with Crippen LogP contribution in [0, 0.1) is 0 Å². The summed E-state index contributed by atoms with van der Waals surface area (Å²) >= 11 is 7.88. The Bertz CT molecular complexity index is 433. The normalized spacial score (nSPS) is 25.2. The van der Waals surface area contributed by atoms with Crippen molar-refractivity contribution in [3.8, 4) is 0 Å². The molecule has 0 aromatic heterocycles. The van der Waals surface area contributed by atoms with Gasteiger partial charge in [0.2, 0.25) is 5.91 Å². The van der Waals surface area contributed by atoms with Gasteiger partial charge in [-0.05, 0) is 18.9 Å². The Kier molecular flexibility index (Phi) is 2.60. The number of benzene rings is 1. The molecule has 2 fully saturated rings. The molecule has 1 aliphatic heterocycles. The van der Waals surface area contributed by atoms with Gasteiger partial charge in [0.15, 0.2) is 0 Å². The van der Waals surface area contributed by atoms with Gasteiger partial charge in [-0.2, -0.15) is 0 Å². The van der Waals surface area contributed by atoms with Crippen LogP contribution in [0.15, 0.2) is 24.3 Å². The molecule has 0 spiro atoms. The maximum absolute atomic E-state index is 11.8. The van der Waals surface area contributed by atoms with Gasteiger partial charge in [-0.15, -0.1) is 11.8 Å². The molecule has 1 saturated heterocycles. The second-order valence-corrected chi connectivity index (χ2v) is 5.69. The summed E-state index contributed by atoms with van der Waals surface area (Å²) < 4.78 is 0. The fourth-order valence-electron chi connectivity index (χ4n) is 2.10. The lowest BCUT2D eigenvalue weighted by Crippen LogP contribution is -2.30. The summed E-state index contributed by atoms with van der Waals surface area (Å²) in [5.41, 5.74) is 1.08. The van der Waals surface area contributed by atoms with E-state index in [9.17, 15) is 4.79 Å². The third-order valence-electron chi connectivity index (χ3n) is 3.02. The molecule has 1 aromatic carbocycles. The number of halogens is 1. The lowest BCUT2D eigenvalue weighted by atomic mass is 10.2. The van der Waals surface area contributed by atoms with E-state index in [0.29, 0.717) is 11.8 Å². The Morgan fingerprint density at radius 1 is 1.31 bits per heavy atom. The molecular weight excluding hydrogens is 242 g/mol. The minimum Gasteiger partial charge on any atom is -0.323 e. The lowest BCUT2D eigenvalue weighted by molar-refractivity contribution is -0.128. The minimum atomic E-state index is 0.133. The minimum absolute atomic E-state index is 0.133. The first-order valence-electron chi connectivity index (χ1n) is 5.44. The summed E-state index contributed by atoms with van der Waals surface area (Å²) in [6.45, 7) is 0. The van der Waals surface area contributed by atoms with Crippen molar-refractivity contribution in [2.24, 2.45) is 0 Å². The number of amides is 1. The van der Waals surface area contributed by atoms with Crippen LogP contribution < -0.4 is 0 Å². The summed E-state index contributed by atoms with van der Waals surface area (Å²) in [5, 5.41) is 0.897. The zero-order valence-corrected chi connectivity index (χ0v) is 10.3. The maximum atomic E-state index is 11.8. The fourth-order valence-corrected chi connectivity index (χ4v) is 3.69. The summed E-state index contributed by atoms with van der Waals surface area (Å²) in [4.78, 5) is 13.8. The fraction of sp³-hybridized carbons (Fsp3) is 0.417. The molecule has 2 aliphatic rings. The van der Waals surface area contributed by atoms with E-state index in [-0.39, 0.29) is 11.3 Å². The van der Waals surface area contributed by atoms with Crippen molar-refractivity contribution in [1.82, 2.24) is 4.90 Å². The highest BCUT2D eigenvalue weighted by atomic mass is 35.5. The van der Waals surface area contributed by atoms with Crippen molar-refractivity contribution in [1.29, 1.82) is 0 Å². The van der Waals surface area contributed by atoms with Crippen LogP contribution >= 0.6 is 23.4 Å². The van der Waals surface area contributed by atoms with Gasteiger partial charge in [0.05, 0.1) is 5.75 Å². The zero-order chi connectivity index (χ0) is 11.1. The number of hydrogen-bond donors (Lipinski definition) is 0. The second kappa shape index (κ2) is 3.97. The summed E-state index contributed by atoms with van der Waals surface area (Å²) in [6, 6.07) is 8.28. The van der Waals surface area contributed by atoms with Crippen molar-refractivity contribution >= 4 is 29.3 Å². The number of rotatable bonds is 2. The van der Waals surface area contributed by atoms with Crippen molar-refractivity contribution in [3.05, 3.63) is 34.9 Å². The predicted molar refractivity (Wildman–Crippen MR) is 66.5 cm³/mol. The second-order valence-electron chi connectivity index (χ2n) is 4.22. The first-order valence-corrected chi connectivity index (χ1v) is 6.87. The number of carbonyl (C=O) groups excluding carboxylic acids is 1. The lowest BCUT2D eigenvalue weighted by Gasteiger charge is -2.24. The van der Waals surface area contributed by atoms with Crippen LogP contribution in [0.2, 0.25) is 5.02 Å². The van der Waals surface area contributed by atoms with E-state index < -0.39 is 0 Å². The molecule has 16 heavy (non-hydrogen) atoms. The van der Waals surface area contributed by atoms with Crippen LogP contribution in [0.4, 0.5) is 0 Å². The van der Waals surface area contributed by atoms with Crippen molar-refractivity contribution in [2.75, 3.05) is 5.75 Å². The predicted octanol–water partition coefficient (Wildman–Crippen LogP) is 3.08. The standard InChI is InChI=1S/C12H12ClNOS/c13-10-4-2-1-3-9(10)12-14(8-5-6-8)11(15)7-16-12/h1-4,8,12H,5-7H2/t12-/m0/s1. The van der Waals surface area contributed by atoms with E-state index in [1.165, 1.54) is 0 Å². The Morgan fingerprint density at radius 2 is 2.06 bits per heavy atom.